The molecule has 1 unspecified atom stereocenters. The van der Waals surface area contributed by atoms with E-state index in [1.165, 1.54) is 12.8 Å². The lowest BCUT2D eigenvalue weighted by atomic mass is 9.95. The number of aromatic nitrogens is 2. The molecule has 1 saturated carbocycles. The molecular formula is C19H31N5O2. The first kappa shape index (κ1) is 18.9. The Morgan fingerprint density at radius 3 is 2.77 bits per heavy atom. The quantitative estimate of drug-likeness (QED) is 0.715. The van der Waals surface area contributed by atoms with Gasteiger partial charge in [-0.2, -0.15) is 0 Å². The number of carbonyl (C=O) groups is 2. The van der Waals surface area contributed by atoms with Crippen LogP contribution < -0.4 is 10.6 Å². The zero-order valence-corrected chi connectivity index (χ0v) is 16.0. The number of nitrogens with zero attached hydrogens (tertiary/aromatic N) is 3. The Kier molecular flexibility index (Phi) is 6.29. The number of nitrogens with one attached hydrogen (secondary N) is 2. The van der Waals surface area contributed by atoms with Gasteiger partial charge in [-0.3, -0.25) is 9.59 Å². The summed E-state index contributed by atoms with van der Waals surface area (Å²) in [5.74, 6) is 0.0330. The van der Waals surface area contributed by atoms with Gasteiger partial charge >= 0.3 is 0 Å². The second-order valence-electron chi connectivity index (χ2n) is 7.83. The molecule has 1 atom stereocenters. The molecule has 1 fully saturated rings. The van der Waals surface area contributed by atoms with Gasteiger partial charge in [-0.15, -0.1) is 0 Å². The largest absolute Gasteiger partial charge is 0.353 e. The maximum atomic E-state index is 12.5. The number of hydrogen-bond acceptors (Lipinski definition) is 4. The van der Waals surface area contributed by atoms with Crippen molar-refractivity contribution in [3.05, 3.63) is 17.7 Å². The van der Waals surface area contributed by atoms with Crippen molar-refractivity contribution in [3.8, 4) is 0 Å². The van der Waals surface area contributed by atoms with E-state index in [2.05, 4.69) is 20.5 Å². The molecular weight excluding hydrogens is 330 g/mol. The number of carbonyl (C=O) groups excluding carboxylic acids is 2. The predicted octanol–water partition coefficient (Wildman–Crippen LogP) is 1.19. The van der Waals surface area contributed by atoms with Crippen LogP contribution >= 0.6 is 0 Å². The number of imidazole rings is 1. The summed E-state index contributed by atoms with van der Waals surface area (Å²) in [6.45, 7) is 2.21. The van der Waals surface area contributed by atoms with Crippen LogP contribution in [0.1, 0.15) is 54.7 Å². The van der Waals surface area contributed by atoms with Crippen molar-refractivity contribution in [3.63, 3.8) is 0 Å². The molecule has 1 aromatic rings. The number of rotatable bonds is 7. The maximum absolute atomic E-state index is 12.5. The van der Waals surface area contributed by atoms with E-state index in [1.54, 1.807) is 6.33 Å². The second kappa shape index (κ2) is 8.66. The van der Waals surface area contributed by atoms with Gasteiger partial charge in [0.15, 0.2) is 0 Å². The van der Waals surface area contributed by atoms with Crippen LogP contribution in [0.3, 0.4) is 0 Å². The SMILES string of the molecule is CN(C)CCCNC(=O)c1ncn2c1CCC(C(=O)NC1CCCC1)C2. The van der Waals surface area contributed by atoms with E-state index >= 15 is 0 Å². The summed E-state index contributed by atoms with van der Waals surface area (Å²) < 4.78 is 1.98. The molecule has 7 heteroatoms. The fraction of sp³-hybridized carbons (Fsp3) is 0.737. The topological polar surface area (TPSA) is 79.3 Å². The molecule has 0 saturated heterocycles. The number of amides is 2. The lowest BCUT2D eigenvalue weighted by molar-refractivity contribution is -0.126. The highest BCUT2D eigenvalue weighted by atomic mass is 16.2. The van der Waals surface area contributed by atoms with E-state index in [0.717, 1.165) is 44.3 Å². The Bertz CT molecular complexity index is 634. The normalized spacial score (nSPS) is 20.2. The van der Waals surface area contributed by atoms with Crippen molar-refractivity contribution in [1.29, 1.82) is 0 Å². The molecule has 2 aliphatic rings. The predicted molar refractivity (Wildman–Crippen MR) is 99.9 cm³/mol. The minimum Gasteiger partial charge on any atom is -0.353 e. The molecule has 0 aromatic carbocycles. The molecule has 2 heterocycles. The van der Waals surface area contributed by atoms with E-state index < -0.39 is 0 Å². The zero-order chi connectivity index (χ0) is 18.5. The van der Waals surface area contributed by atoms with Gasteiger partial charge in [-0.1, -0.05) is 12.8 Å². The fourth-order valence-electron chi connectivity index (χ4n) is 3.94. The standard InChI is InChI=1S/C19H31N5O2/c1-23(2)11-5-10-20-19(26)17-16-9-8-14(12-24(16)13-21-17)18(25)22-15-6-3-4-7-15/h13-15H,3-12H2,1-2H3,(H,20,26)(H,22,25). The molecule has 0 radical (unpaired) electrons. The monoisotopic (exact) mass is 361 g/mol. The van der Waals surface area contributed by atoms with Crippen LogP contribution in [0.5, 0.6) is 0 Å². The summed E-state index contributed by atoms with van der Waals surface area (Å²) in [4.78, 5) is 31.3. The van der Waals surface area contributed by atoms with Crippen molar-refractivity contribution in [1.82, 2.24) is 25.1 Å². The Morgan fingerprint density at radius 2 is 2.04 bits per heavy atom. The van der Waals surface area contributed by atoms with Gasteiger partial charge in [0.05, 0.1) is 17.9 Å². The van der Waals surface area contributed by atoms with Crippen molar-refractivity contribution < 1.29 is 9.59 Å². The summed E-state index contributed by atoms with van der Waals surface area (Å²) in [6, 6.07) is 0.357. The van der Waals surface area contributed by atoms with E-state index in [4.69, 9.17) is 0 Å². The van der Waals surface area contributed by atoms with Crippen LogP contribution in [0.4, 0.5) is 0 Å². The first-order valence-electron chi connectivity index (χ1n) is 9.82. The second-order valence-corrected chi connectivity index (χ2v) is 7.83. The Morgan fingerprint density at radius 1 is 1.27 bits per heavy atom. The minimum atomic E-state index is -0.105. The molecule has 0 spiro atoms. The van der Waals surface area contributed by atoms with Gasteiger partial charge in [0.2, 0.25) is 5.91 Å². The third-order valence-electron chi connectivity index (χ3n) is 5.45. The Hall–Kier alpha value is -1.89. The molecule has 0 bridgehead atoms. The third-order valence-corrected chi connectivity index (χ3v) is 5.45. The molecule has 7 nitrogen and oxygen atoms in total. The van der Waals surface area contributed by atoms with Crippen LogP contribution in [-0.4, -0.2) is 59.5 Å². The van der Waals surface area contributed by atoms with Gasteiger partial charge in [0, 0.05) is 19.1 Å². The Balaban J connectivity index is 1.52. The molecule has 26 heavy (non-hydrogen) atoms. The summed E-state index contributed by atoms with van der Waals surface area (Å²) in [5, 5.41) is 6.15. The average Bonchev–Trinajstić information content (AvgIpc) is 3.27. The van der Waals surface area contributed by atoms with Crippen molar-refractivity contribution in [2.75, 3.05) is 27.2 Å². The number of fused-ring (bicyclic) bond motifs is 1. The smallest absolute Gasteiger partial charge is 0.271 e. The van der Waals surface area contributed by atoms with Gasteiger partial charge in [-0.05, 0) is 52.7 Å². The molecule has 144 valence electrons. The first-order valence-corrected chi connectivity index (χ1v) is 9.82. The summed E-state index contributed by atoms with van der Waals surface area (Å²) in [6.07, 6.45) is 8.77. The van der Waals surface area contributed by atoms with Crippen molar-refractivity contribution in [2.24, 2.45) is 5.92 Å². The van der Waals surface area contributed by atoms with Crippen LogP contribution in [0, 0.1) is 5.92 Å². The summed E-state index contributed by atoms with van der Waals surface area (Å²) in [7, 11) is 4.04. The summed E-state index contributed by atoms with van der Waals surface area (Å²) in [5.41, 5.74) is 1.48. The van der Waals surface area contributed by atoms with Gasteiger partial charge in [0.25, 0.3) is 5.91 Å². The third kappa shape index (κ3) is 4.63. The highest BCUT2D eigenvalue weighted by Gasteiger charge is 2.30. The molecule has 2 amide bonds. The molecule has 1 aromatic heterocycles. The van der Waals surface area contributed by atoms with Crippen LogP contribution in [-0.2, 0) is 17.8 Å². The highest BCUT2D eigenvalue weighted by molar-refractivity contribution is 5.93. The molecule has 3 rings (SSSR count). The molecule has 2 N–H and O–H groups in total. The molecule has 1 aliphatic heterocycles. The maximum Gasteiger partial charge on any atom is 0.271 e. The van der Waals surface area contributed by atoms with Gasteiger partial charge in [-0.25, -0.2) is 4.98 Å². The Labute approximate surface area is 155 Å². The lowest BCUT2D eigenvalue weighted by Gasteiger charge is -2.25. The van der Waals surface area contributed by atoms with Crippen molar-refractivity contribution >= 4 is 11.8 Å². The fourth-order valence-corrected chi connectivity index (χ4v) is 3.94. The van der Waals surface area contributed by atoms with Crippen LogP contribution in [0.2, 0.25) is 0 Å². The van der Waals surface area contributed by atoms with Crippen LogP contribution in [0.25, 0.3) is 0 Å². The highest BCUT2D eigenvalue weighted by Crippen LogP contribution is 2.24. The van der Waals surface area contributed by atoms with E-state index in [1.807, 2.05) is 18.7 Å². The zero-order valence-electron chi connectivity index (χ0n) is 16.0. The van der Waals surface area contributed by atoms with E-state index in [0.29, 0.717) is 24.8 Å². The lowest BCUT2D eigenvalue weighted by Crippen LogP contribution is -2.40. The van der Waals surface area contributed by atoms with Gasteiger partial charge < -0.3 is 20.1 Å². The molecule has 1 aliphatic carbocycles. The minimum absolute atomic E-state index is 0.0201. The van der Waals surface area contributed by atoms with Crippen LogP contribution in [0.15, 0.2) is 6.33 Å². The first-order chi connectivity index (χ1) is 12.5. The van der Waals surface area contributed by atoms with E-state index in [-0.39, 0.29) is 17.7 Å². The van der Waals surface area contributed by atoms with Gasteiger partial charge in [0.1, 0.15) is 5.69 Å². The summed E-state index contributed by atoms with van der Waals surface area (Å²) >= 11 is 0. The van der Waals surface area contributed by atoms with E-state index in [9.17, 15) is 9.59 Å². The van der Waals surface area contributed by atoms with Crippen molar-refractivity contribution in [2.45, 2.75) is 57.5 Å². The average molecular weight is 361 g/mol. The number of hydrogen-bond donors (Lipinski definition) is 2.